The van der Waals surface area contributed by atoms with Crippen LogP contribution < -0.4 is 5.56 Å². The minimum absolute atomic E-state index is 0.0937. The van der Waals surface area contributed by atoms with Crippen LogP contribution in [0.1, 0.15) is 16.8 Å². The Balaban J connectivity index is 1.59. The van der Waals surface area contributed by atoms with Crippen LogP contribution in [0, 0.1) is 0 Å². The first-order valence-corrected chi connectivity index (χ1v) is 10.1. The fraction of sp³-hybridized carbons (Fsp3) is 0.182. The van der Waals surface area contributed by atoms with Gasteiger partial charge in [-0.1, -0.05) is 48.5 Å². The second kappa shape index (κ2) is 8.04. The molecule has 8 heteroatoms. The fourth-order valence-corrected chi connectivity index (χ4v) is 4.34. The summed E-state index contributed by atoms with van der Waals surface area (Å²) in [5.74, 6) is 0. The quantitative estimate of drug-likeness (QED) is 0.444. The highest BCUT2D eigenvalue weighted by Gasteiger charge is 2.33. The van der Waals surface area contributed by atoms with Gasteiger partial charge in [-0.2, -0.15) is 13.2 Å². The number of fused-ring (bicyclic) bond motifs is 1. The molecule has 0 unspecified atom stereocenters. The van der Waals surface area contributed by atoms with Crippen LogP contribution in [0.3, 0.4) is 0 Å². The number of benzene rings is 2. The van der Waals surface area contributed by atoms with Crippen LogP contribution in [0.4, 0.5) is 13.2 Å². The summed E-state index contributed by atoms with van der Waals surface area (Å²) in [5, 5.41) is 1.88. The molecule has 0 radical (unpaired) electrons. The van der Waals surface area contributed by atoms with Gasteiger partial charge in [-0.15, -0.1) is 11.3 Å². The van der Waals surface area contributed by atoms with Gasteiger partial charge in [0, 0.05) is 24.5 Å². The Hall–Kier alpha value is -2.97. The normalized spacial score (nSPS) is 12.0. The summed E-state index contributed by atoms with van der Waals surface area (Å²) in [7, 11) is 1.71. The number of rotatable bonds is 5. The third kappa shape index (κ3) is 4.15. The molecule has 0 saturated carbocycles. The van der Waals surface area contributed by atoms with Crippen molar-refractivity contribution < 1.29 is 13.2 Å². The molecule has 0 N–H and O–H groups in total. The molecule has 0 aliphatic carbocycles. The zero-order chi connectivity index (χ0) is 21.3. The molecule has 4 aromatic rings. The predicted molar refractivity (Wildman–Crippen MR) is 111 cm³/mol. The van der Waals surface area contributed by atoms with Crippen LogP contribution in [0.25, 0.3) is 16.2 Å². The largest absolute Gasteiger partial charge is 0.416 e. The molecule has 0 aliphatic heterocycles. The lowest BCUT2D eigenvalue weighted by atomic mass is 10.1. The maximum Gasteiger partial charge on any atom is 0.416 e. The van der Waals surface area contributed by atoms with Gasteiger partial charge in [0.1, 0.15) is 0 Å². The van der Waals surface area contributed by atoms with Crippen molar-refractivity contribution in [2.24, 2.45) is 0 Å². The molecule has 2 aromatic carbocycles. The summed E-state index contributed by atoms with van der Waals surface area (Å²) >= 11 is 1.36. The van der Waals surface area contributed by atoms with Gasteiger partial charge in [0.15, 0.2) is 4.96 Å². The van der Waals surface area contributed by atoms with Gasteiger partial charge >= 0.3 is 6.18 Å². The SMILES string of the molecule is CN(Cc1cc(=O)n2c(-c3ccccc3)csc2n1)Cc1ccccc1C(F)(F)F. The summed E-state index contributed by atoms with van der Waals surface area (Å²) in [6, 6.07) is 16.5. The van der Waals surface area contributed by atoms with Crippen LogP contribution in [0.5, 0.6) is 0 Å². The Morgan fingerprint density at radius 3 is 2.47 bits per heavy atom. The molecular weight excluding hydrogens is 411 g/mol. The average molecular weight is 429 g/mol. The molecule has 0 atom stereocenters. The van der Waals surface area contributed by atoms with E-state index in [9.17, 15) is 18.0 Å². The van der Waals surface area contributed by atoms with E-state index in [2.05, 4.69) is 4.98 Å². The van der Waals surface area contributed by atoms with Crippen molar-refractivity contribution in [1.29, 1.82) is 0 Å². The lowest BCUT2D eigenvalue weighted by Gasteiger charge is -2.19. The minimum atomic E-state index is -4.40. The van der Waals surface area contributed by atoms with E-state index in [0.717, 1.165) is 17.3 Å². The standard InChI is InChI=1S/C22H18F3N3OS/c1-27(12-16-9-5-6-10-18(16)22(23,24)25)13-17-11-20(29)28-19(14-30-21(28)26-17)15-7-3-2-4-8-15/h2-11,14H,12-13H2,1H3. The van der Waals surface area contributed by atoms with Crippen LogP contribution >= 0.6 is 11.3 Å². The van der Waals surface area contributed by atoms with Crippen molar-refractivity contribution in [3.8, 4) is 11.3 Å². The molecule has 0 spiro atoms. The molecule has 0 aliphatic rings. The third-order valence-corrected chi connectivity index (χ3v) is 5.55. The molecule has 0 amide bonds. The van der Waals surface area contributed by atoms with Crippen molar-refractivity contribution in [2.45, 2.75) is 19.3 Å². The van der Waals surface area contributed by atoms with Gasteiger partial charge in [0.25, 0.3) is 5.56 Å². The zero-order valence-electron chi connectivity index (χ0n) is 16.1. The first-order valence-electron chi connectivity index (χ1n) is 9.22. The first-order chi connectivity index (χ1) is 14.3. The molecule has 30 heavy (non-hydrogen) atoms. The van der Waals surface area contributed by atoms with Crippen LogP contribution in [-0.2, 0) is 19.3 Å². The molecule has 2 heterocycles. The van der Waals surface area contributed by atoms with E-state index < -0.39 is 11.7 Å². The Labute approximate surface area is 174 Å². The number of alkyl halides is 3. The van der Waals surface area contributed by atoms with E-state index >= 15 is 0 Å². The van der Waals surface area contributed by atoms with Crippen molar-refractivity contribution in [2.75, 3.05) is 7.05 Å². The van der Waals surface area contributed by atoms with E-state index in [-0.39, 0.29) is 24.2 Å². The molecule has 0 saturated heterocycles. The van der Waals surface area contributed by atoms with E-state index in [1.165, 1.54) is 29.5 Å². The Bertz CT molecular complexity index is 1230. The van der Waals surface area contributed by atoms with Gasteiger partial charge in [-0.25, -0.2) is 4.98 Å². The molecule has 0 fully saturated rings. The summed E-state index contributed by atoms with van der Waals surface area (Å²) in [6.07, 6.45) is -4.40. The summed E-state index contributed by atoms with van der Waals surface area (Å²) < 4.78 is 41.2. The van der Waals surface area contributed by atoms with Crippen molar-refractivity contribution >= 4 is 16.3 Å². The van der Waals surface area contributed by atoms with Crippen LogP contribution in [0.2, 0.25) is 0 Å². The van der Waals surface area contributed by atoms with Gasteiger partial charge in [-0.05, 0) is 24.2 Å². The summed E-state index contributed by atoms with van der Waals surface area (Å²) in [6.45, 7) is 0.354. The Morgan fingerprint density at radius 1 is 1.03 bits per heavy atom. The number of thiazole rings is 1. The van der Waals surface area contributed by atoms with Crippen LogP contribution in [-0.4, -0.2) is 21.3 Å². The van der Waals surface area contributed by atoms with Crippen molar-refractivity contribution in [1.82, 2.24) is 14.3 Å². The number of nitrogens with zero attached hydrogens (tertiary/aromatic N) is 3. The van der Waals surface area contributed by atoms with E-state index in [1.807, 2.05) is 35.7 Å². The number of aromatic nitrogens is 2. The van der Waals surface area contributed by atoms with Gasteiger partial charge < -0.3 is 0 Å². The van der Waals surface area contributed by atoms with E-state index in [4.69, 9.17) is 0 Å². The summed E-state index contributed by atoms with van der Waals surface area (Å²) in [5.41, 5.74) is 1.54. The average Bonchev–Trinajstić information content (AvgIpc) is 3.13. The molecule has 0 bridgehead atoms. The fourth-order valence-electron chi connectivity index (χ4n) is 3.41. The summed E-state index contributed by atoms with van der Waals surface area (Å²) in [4.78, 5) is 19.6. The van der Waals surface area contributed by atoms with Crippen molar-refractivity contribution in [3.05, 3.63) is 93.2 Å². The second-order valence-corrected chi connectivity index (χ2v) is 7.85. The molecular formula is C22H18F3N3OS. The highest BCUT2D eigenvalue weighted by atomic mass is 32.1. The maximum atomic E-state index is 13.2. The first kappa shape index (κ1) is 20.3. The van der Waals surface area contributed by atoms with E-state index in [0.29, 0.717) is 10.7 Å². The van der Waals surface area contributed by atoms with Crippen LogP contribution in [0.15, 0.2) is 70.8 Å². The van der Waals surface area contributed by atoms with Gasteiger partial charge in [0.2, 0.25) is 0 Å². The molecule has 4 rings (SSSR count). The molecule has 2 aromatic heterocycles. The lowest BCUT2D eigenvalue weighted by molar-refractivity contribution is -0.138. The van der Waals surface area contributed by atoms with Crippen molar-refractivity contribution in [3.63, 3.8) is 0 Å². The zero-order valence-corrected chi connectivity index (χ0v) is 16.9. The monoisotopic (exact) mass is 429 g/mol. The Kier molecular flexibility index (Phi) is 5.44. The molecule has 4 nitrogen and oxygen atoms in total. The number of hydrogen-bond donors (Lipinski definition) is 0. The third-order valence-electron chi connectivity index (χ3n) is 4.72. The predicted octanol–water partition coefficient (Wildman–Crippen LogP) is 5.07. The lowest BCUT2D eigenvalue weighted by Crippen LogP contribution is -2.23. The molecule has 154 valence electrons. The topological polar surface area (TPSA) is 37.6 Å². The maximum absolute atomic E-state index is 13.2. The highest BCUT2D eigenvalue weighted by Crippen LogP contribution is 2.32. The smallest absolute Gasteiger partial charge is 0.296 e. The van der Waals surface area contributed by atoms with E-state index in [1.54, 1.807) is 22.4 Å². The van der Waals surface area contributed by atoms with Gasteiger partial charge in [0.05, 0.1) is 17.0 Å². The Morgan fingerprint density at radius 2 is 1.73 bits per heavy atom. The number of halogens is 3. The number of hydrogen-bond acceptors (Lipinski definition) is 4. The van der Waals surface area contributed by atoms with Gasteiger partial charge in [-0.3, -0.25) is 14.1 Å². The minimum Gasteiger partial charge on any atom is -0.296 e. The second-order valence-electron chi connectivity index (χ2n) is 7.02. The highest BCUT2D eigenvalue weighted by molar-refractivity contribution is 7.15.